The van der Waals surface area contributed by atoms with Crippen molar-refractivity contribution in [3.8, 4) is 0 Å². The molecule has 1 atom stereocenters. The van der Waals surface area contributed by atoms with Crippen LogP contribution in [0.15, 0.2) is 30.3 Å². The lowest BCUT2D eigenvalue weighted by Gasteiger charge is -2.26. The Bertz CT molecular complexity index is 573. The number of pyridine rings is 1. The molecule has 108 valence electrons. The van der Waals surface area contributed by atoms with Crippen LogP contribution >= 0.6 is 23.4 Å². The molecule has 0 aliphatic carbocycles. The Labute approximate surface area is 130 Å². The van der Waals surface area contributed by atoms with Gasteiger partial charge in [-0.3, -0.25) is 0 Å². The number of hydrogen-bond acceptors (Lipinski definition) is 3. The van der Waals surface area contributed by atoms with Crippen LogP contribution in [-0.4, -0.2) is 30.1 Å². The first kappa shape index (κ1) is 15.5. The highest BCUT2D eigenvalue weighted by molar-refractivity contribution is 7.98. The molecule has 4 heteroatoms. The minimum Gasteiger partial charge on any atom is -0.357 e. The summed E-state index contributed by atoms with van der Waals surface area (Å²) in [5.41, 5.74) is 2.17. The molecule has 1 aromatic carbocycles. The summed E-state index contributed by atoms with van der Waals surface area (Å²) >= 11 is 7.98. The number of fused-ring (bicyclic) bond motifs is 1. The fourth-order valence-electron chi connectivity index (χ4n) is 2.23. The topological polar surface area (TPSA) is 16.1 Å². The quantitative estimate of drug-likeness (QED) is 0.728. The summed E-state index contributed by atoms with van der Waals surface area (Å²) in [7, 11) is 2.11. The molecule has 2 nitrogen and oxygen atoms in total. The van der Waals surface area contributed by atoms with Gasteiger partial charge < -0.3 is 4.90 Å². The second-order valence-corrected chi connectivity index (χ2v) is 6.28. The Morgan fingerprint density at radius 3 is 2.80 bits per heavy atom. The molecule has 0 saturated carbocycles. The van der Waals surface area contributed by atoms with Crippen molar-refractivity contribution in [3.05, 3.63) is 35.9 Å². The highest BCUT2D eigenvalue weighted by atomic mass is 35.5. The highest BCUT2D eigenvalue weighted by Crippen LogP contribution is 2.25. The molecular formula is C16H21ClN2S. The van der Waals surface area contributed by atoms with Gasteiger partial charge in [0, 0.05) is 24.4 Å². The van der Waals surface area contributed by atoms with Gasteiger partial charge in [-0.1, -0.05) is 18.2 Å². The number of para-hydroxylation sites is 1. The van der Waals surface area contributed by atoms with Crippen molar-refractivity contribution >= 4 is 40.1 Å². The van der Waals surface area contributed by atoms with Crippen LogP contribution in [0.3, 0.4) is 0 Å². The third-order valence-electron chi connectivity index (χ3n) is 3.69. The number of thioether (sulfide) groups is 1. The first-order valence-electron chi connectivity index (χ1n) is 6.83. The van der Waals surface area contributed by atoms with Crippen LogP contribution in [0.2, 0.25) is 0 Å². The summed E-state index contributed by atoms with van der Waals surface area (Å²) < 4.78 is 0. The molecule has 0 bridgehead atoms. The fraction of sp³-hybridized carbons (Fsp3) is 0.438. The second kappa shape index (κ2) is 7.19. The van der Waals surface area contributed by atoms with Gasteiger partial charge in [-0.05, 0) is 43.0 Å². The first-order valence-corrected chi connectivity index (χ1v) is 8.76. The Kier molecular flexibility index (Phi) is 5.55. The maximum absolute atomic E-state index is 6.10. The van der Waals surface area contributed by atoms with E-state index in [-0.39, 0.29) is 0 Å². The van der Waals surface area contributed by atoms with Crippen LogP contribution in [0, 0.1) is 0 Å². The lowest BCUT2D eigenvalue weighted by atomic mass is 10.1. The number of aromatic nitrogens is 1. The van der Waals surface area contributed by atoms with Crippen molar-refractivity contribution in [3.63, 3.8) is 0 Å². The van der Waals surface area contributed by atoms with E-state index in [0.29, 0.717) is 11.9 Å². The van der Waals surface area contributed by atoms with Gasteiger partial charge in [0.05, 0.1) is 5.52 Å². The molecule has 1 heterocycles. The van der Waals surface area contributed by atoms with E-state index in [4.69, 9.17) is 16.6 Å². The first-order chi connectivity index (χ1) is 9.67. The van der Waals surface area contributed by atoms with Gasteiger partial charge in [0.2, 0.25) is 0 Å². The Hall–Kier alpha value is -0.930. The van der Waals surface area contributed by atoms with Gasteiger partial charge in [0.15, 0.2) is 0 Å². The van der Waals surface area contributed by atoms with E-state index in [1.807, 2.05) is 23.9 Å². The lowest BCUT2D eigenvalue weighted by molar-refractivity contribution is 0.663. The van der Waals surface area contributed by atoms with E-state index in [1.165, 1.54) is 5.75 Å². The minimum absolute atomic E-state index is 0.472. The molecule has 1 unspecified atom stereocenters. The monoisotopic (exact) mass is 308 g/mol. The van der Waals surface area contributed by atoms with E-state index < -0.39 is 0 Å². The van der Waals surface area contributed by atoms with Gasteiger partial charge >= 0.3 is 0 Å². The van der Waals surface area contributed by atoms with Crippen molar-refractivity contribution < 1.29 is 0 Å². The van der Waals surface area contributed by atoms with Crippen molar-refractivity contribution in [2.45, 2.75) is 25.3 Å². The zero-order chi connectivity index (χ0) is 14.5. The van der Waals surface area contributed by atoms with Gasteiger partial charge in [-0.2, -0.15) is 11.8 Å². The molecule has 2 aromatic rings. The molecule has 0 N–H and O–H groups in total. The van der Waals surface area contributed by atoms with Crippen molar-refractivity contribution in [2.24, 2.45) is 0 Å². The molecule has 1 aromatic heterocycles. The second-order valence-electron chi connectivity index (χ2n) is 5.03. The summed E-state index contributed by atoms with van der Waals surface area (Å²) in [6.07, 6.45) is 3.30. The molecule has 0 amide bonds. The maximum atomic E-state index is 6.10. The molecule has 0 aliphatic heterocycles. The third-order valence-corrected chi connectivity index (χ3v) is 4.63. The zero-order valence-corrected chi connectivity index (χ0v) is 13.8. The van der Waals surface area contributed by atoms with Crippen LogP contribution in [0.5, 0.6) is 0 Å². The Morgan fingerprint density at radius 2 is 2.10 bits per heavy atom. The van der Waals surface area contributed by atoms with E-state index in [0.717, 1.165) is 28.7 Å². The van der Waals surface area contributed by atoms with Crippen molar-refractivity contribution in [2.75, 3.05) is 24.0 Å². The average Bonchev–Trinajstić information content (AvgIpc) is 2.50. The standard InChI is InChI=1S/C16H21ClN2S/c1-12(8-9-20-3)19(2)16-10-13(11-17)14-6-4-5-7-15(14)18-16/h4-7,10,12H,8-9,11H2,1-3H3. The van der Waals surface area contributed by atoms with Crippen LogP contribution in [0.4, 0.5) is 5.82 Å². The Balaban J connectivity index is 2.34. The summed E-state index contributed by atoms with van der Waals surface area (Å²) in [5.74, 6) is 2.69. The van der Waals surface area contributed by atoms with Gasteiger partial charge in [0.1, 0.15) is 5.82 Å². The Morgan fingerprint density at radius 1 is 1.35 bits per heavy atom. The number of hydrogen-bond donors (Lipinski definition) is 0. The molecule has 2 rings (SSSR count). The fourth-order valence-corrected chi connectivity index (χ4v) is 3.03. The SMILES string of the molecule is CSCCC(C)N(C)c1cc(CCl)c2ccccc2n1. The third kappa shape index (κ3) is 3.39. The van der Waals surface area contributed by atoms with Crippen LogP contribution < -0.4 is 4.90 Å². The predicted molar refractivity (Wildman–Crippen MR) is 92.2 cm³/mol. The van der Waals surface area contributed by atoms with Gasteiger partial charge in [-0.15, -0.1) is 11.6 Å². The number of rotatable bonds is 6. The smallest absolute Gasteiger partial charge is 0.129 e. The lowest BCUT2D eigenvalue weighted by Crippen LogP contribution is -2.30. The molecule has 0 radical (unpaired) electrons. The van der Waals surface area contributed by atoms with Crippen LogP contribution in [0.1, 0.15) is 18.9 Å². The largest absolute Gasteiger partial charge is 0.357 e. The molecule has 0 saturated heterocycles. The maximum Gasteiger partial charge on any atom is 0.129 e. The van der Waals surface area contributed by atoms with Crippen molar-refractivity contribution in [1.82, 2.24) is 4.98 Å². The minimum atomic E-state index is 0.472. The van der Waals surface area contributed by atoms with Crippen molar-refractivity contribution in [1.29, 1.82) is 0 Å². The van der Waals surface area contributed by atoms with E-state index in [1.54, 1.807) is 0 Å². The number of anilines is 1. The number of nitrogens with zero attached hydrogens (tertiary/aromatic N) is 2. The number of benzene rings is 1. The van der Waals surface area contributed by atoms with E-state index >= 15 is 0 Å². The number of alkyl halides is 1. The van der Waals surface area contributed by atoms with Crippen LogP contribution in [0.25, 0.3) is 10.9 Å². The molecule has 20 heavy (non-hydrogen) atoms. The molecule has 0 spiro atoms. The summed E-state index contributed by atoms with van der Waals surface area (Å²) in [6.45, 7) is 2.24. The van der Waals surface area contributed by atoms with Gasteiger partial charge in [-0.25, -0.2) is 4.98 Å². The van der Waals surface area contributed by atoms with E-state index in [2.05, 4.69) is 43.3 Å². The molecular weight excluding hydrogens is 288 g/mol. The molecule has 0 fully saturated rings. The number of halogens is 1. The highest BCUT2D eigenvalue weighted by Gasteiger charge is 2.13. The summed E-state index contributed by atoms with van der Waals surface area (Å²) in [5, 5.41) is 1.15. The molecule has 0 aliphatic rings. The normalized spacial score (nSPS) is 12.6. The van der Waals surface area contributed by atoms with E-state index in [9.17, 15) is 0 Å². The van der Waals surface area contributed by atoms with Gasteiger partial charge in [0.25, 0.3) is 0 Å². The average molecular weight is 309 g/mol. The predicted octanol–water partition coefficient (Wildman–Crippen LogP) is 4.55. The summed E-state index contributed by atoms with van der Waals surface area (Å²) in [6, 6.07) is 10.8. The zero-order valence-electron chi connectivity index (χ0n) is 12.3. The van der Waals surface area contributed by atoms with Crippen LogP contribution in [-0.2, 0) is 5.88 Å². The summed E-state index contributed by atoms with van der Waals surface area (Å²) in [4.78, 5) is 7.02.